The lowest BCUT2D eigenvalue weighted by Gasteiger charge is -2.35. The van der Waals surface area contributed by atoms with E-state index >= 15 is 0 Å². The van der Waals surface area contributed by atoms with Gasteiger partial charge < -0.3 is 10.7 Å². The van der Waals surface area contributed by atoms with Gasteiger partial charge in [-0.3, -0.25) is 10.1 Å². The summed E-state index contributed by atoms with van der Waals surface area (Å²) in [5, 5.41) is 11.0. The Balaban J connectivity index is 2.13. The maximum absolute atomic E-state index is 12.9. The molecule has 0 aliphatic heterocycles. The molecule has 0 unspecified atom stereocenters. The third-order valence-corrected chi connectivity index (χ3v) is 4.73. The van der Waals surface area contributed by atoms with Crippen LogP contribution in [0.3, 0.4) is 0 Å². The smallest absolute Gasteiger partial charge is 0.368 e. The Kier molecular flexibility index (Phi) is 5.46. The number of primary amides is 1. The number of pyridine rings is 1. The lowest BCUT2D eigenvalue weighted by molar-refractivity contribution is -0.139. The molecule has 4 N–H and O–H groups in total. The molecule has 3 rings (SSSR count). The van der Waals surface area contributed by atoms with Gasteiger partial charge in [-0.25, -0.2) is 9.97 Å². The van der Waals surface area contributed by atoms with Crippen molar-refractivity contribution in [3.63, 3.8) is 0 Å². The number of hydrogen-bond donors (Lipinski definition) is 3. The van der Waals surface area contributed by atoms with Crippen molar-refractivity contribution in [3.8, 4) is 11.4 Å². The Morgan fingerprint density at radius 2 is 2.07 bits per heavy atom. The second kappa shape index (κ2) is 7.56. The second-order valence-corrected chi connectivity index (χ2v) is 7.15. The van der Waals surface area contributed by atoms with Crippen molar-refractivity contribution in [2.45, 2.75) is 25.6 Å². The van der Waals surface area contributed by atoms with Gasteiger partial charge in [0.15, 0.2) is 5.82 Å². The molecule has 12 heteroatoms. The number of carbonyl (C=O) groups is 1. The fourth-order valence-electron chi connectivity index (χ4n) is 3.10. The Hall–Kier alpha value is -2.79. The molecular formula is C17H17ClF3N7O. The summed E-state index contributed by atoms with van der Waals surface area (Å²) in [6.45, 7) is 1.69. The number of carbonyl (C=O) groups excluding carboxylic acids is 1. The molecule has 0 fully saturated rings. The molecule has 3 aromatic heterocycles. The van der Waals surface area contributed by atoms with E-state index in [9.17, 15) is 18.0 Å². The minimum absolute atomic E-state index is 0.0708. The quantitative estimate of drug-likeness (QED) is 0.555. The first-order valence-electron chi connectivity index (χ1n) is 8.49. The van der Waals surface area contributed by atoms with Crippen molar-refractivity contribution in [3.05, 3.63) is 35.4 Å². The summed E-state index contributed by atoms with van der Waals surface area (Å²) >= 11 is 6.00. The highest BCUT2D eigenvalue weighted by molar-refractivity contribution is 6.31. The minimum Gasteiger partial charge on any atom is -0.368 e. The number of hydrogen-bond acceptors (Lipinski definition) is 6. The van der Waals surface area contributed by atoms with Crippen LogP contribution >= 0.6 is 11.6 Å². The monoisotopic (exact) mass is 427 g/mol. The van der Waals surface area contributed by atoms with E-state index in [0.29, 0.717) is 21.6 Å². The number of rotatable bonds is 6. The number of H-pyrrole nitrogens is 1. The van der Waals surface area contributed by atoms with Crippen molar-refractivity contribution in [2.24, 2.45) is 11.7 Å². The second-order valence-electron chi connectivity index (χ2n) is 6.71. The fraction of sp³-hybridized carbons (Fsp3) is 0.353. The molecule has 0 aliphatic rings. The zero-order valence-electron chi connectivity index (χ0n) is 15.4. The van der Waals surface area contributed by atoms with Gasteiger partial charge in [-0.15, -0.1) is 5.10 Å². The van der Waals surface area contributed by atoms with Crippen molar-refractivity contribution >= 4 is 28.5 Å². The zero-order valence-corrected chi connectivity index (χ0v) is 16.1. The molecule has 0 aromatic carbocycles. The number of nitrogens with one attached hydrogen (secondary N) is 2. The molecule has 3 aromatic rings. The van der Waals surface area contributed by atoms with E-state index in [1.807, 2.05) is 0 Å². The van der Waals surface area contributed by atoms with Gasteiger partial charge >= 0.3 is 6.18 Å². The van der Waals surface area contributed by atoms with E-state index < -0.39 is 30.1 Å². The Morgan fingerprint density at radius 1 is 1.34 bits per heavy atom. The minimum atomic E-state index is -4.56. The maximum Gasteiger partial charge on any atom is 0.401 e. The molecule has 154 valence electrons. The molecule has 0 spiro atoms. The zero-order chi connectivity index (χ0) is 21.4. The highest BCUT2D eigenvalue weighted by Crippen LogP contribution is 2.32. The molecule has 8 nitrogen and oxygen atoms in total. The van der Waals surface area contributed by atoms with Crippen LogP contribution in [0.4, 0.5) is 13.2 Å². The van der Waals surface area contributed by atoms with Crippen LogP contribution in [-0.2, 0) is 10.3 Å². The van der Waals surface area contributed by atoms with Crippen LogP contribution in [0.1, 0.15) is 19.5 Å². The SMILES string of the molecule is CC(C)[C@@](NCC(F)(F)F)(C(N)=O)c1cnnc(-c2c[nH]c3ncc(Cl)cc23)n1. The van der Waals surface area contributed by atoms with Gasteiger partial charge in [-0.05, 0) is 12.0 Å². The summed E-state index contributed by atoms with van der Waals surface area (Å²) in [4.78, 5) is 23.7. The molecule has 0 bridgehead atoms. The number of amides is 1. The summed E-state index contributed by atoms with van der Waals surface area (Å²) in [5.74, 6) is -1.59. The van der Waals surface area contributed by atoms with Crippen LogP contribution in [0.2, 0.25) is 5.02 Å². The fourth-order valence-corrected chi connectivity index (χ4v) is 3.26. The molecule has 29 heavy (non-hydrogen) atoms. The van der Waals surface area contributed by atoms with E-state index in [2.05, 4.69) is 30.5 Å². The predicted molar refractivity (Wildman–Crippen MR) is 99.7 cm³/mol. The van der Waals surface area contributed by atoms with E-state index in [0.717, 1.165) is 6.20 Å². The molecule has 0 saturated heterocycles. The van der Waals surface area contributed by atoms with Gasteiger partial charge in [0.05, 0.1) is 23.5 Å². The molecule has 1 amide bonds. The first kappa shape index (κ1) is 20.9. The maximum atomic E-state index is 12.9. The predicted octanol–water partition coefficient (Wildman–Crippen LogP) is 2.56. The highest BCUT2D eigenvalue weighted by atomic mass is 35.5. The third kappa shape index (κ3) is 4.01. The molecule has 0 radical (unpaired) electrons. The van der Waals surface area contributed by atoms with Crippen molar-refractivity contribution < 1.29 is 18.0 Å². The number of aromatic nitrogens is 5. The number of fused-ring (bicyclic) bond motifs is 1. The van der Waals surface area contributed by atoms with E-state index in [1.54, 1.807) is 26.1 Å². The van der Waals surface area contributed by atoms with E-state index in [1.165, 1.54) is 6.20 Å². The number of nitrogens with two attached hydrogens (primary N) is 1. The van der Waals surface area contributed by atoms with Gasteiger partial charge in [-0.1, -0.05) is 25.4 Å². The Labute approximate surface area is 168 Å². The molecule has 1 atom stereocenters. The summed E-state index contributed by atoms with van der Waals surface area (Å²) in [6.07, 6.45) is -0.410. The Bertz CT molecular complexity index is 1050. The van der Waals surface area contributed by atoms with Crippen LogP contribution in [-0.4, -0.2) is 43.8 Å². The van der Waals surface area contributed by atoms with Crippen LogP contribution in [0.15, 0.2) is 24.7 Å². The first-order valence-corrected chi connectivity index (χ1v) is 8.87. The molecule has 3 heterocycles. The van der Waals surface area contributed by atoms with Crippen LogP contribution in [0.5, 0.6) is 0 Å². The lowest BCUT2D eigenvalue weighted by atomic mass is 9.82. The van der Waals surface area contributed by atoms with Crippen molar-refractivity contribution in [1.29, 1.82) is 0 Å². The van der Waals surface area contributed by atoms with Gasteiger partial charge in [0, 0.05) is 23.3 Å². The molecule has 0 aliphatic carbocycles. The topological polar surface area (TPSA) is 122 Å². The number of halogens is 4. The summed E-state index contributed by atoms with van der Waals surface area (Å²) in [5.41, 5.74) is 4.54. The van der Waals surface area contributed by atoms with Gasteiger partial charge in [-0.2, -0.15) is 18.3 Å². The standard InChI is InChI=1S/C17H17ClF3N7O/c1-8(2)17(15(22)29,25-7-16(19,20)21)12-6-26-28-14(27-12)11-5-24-13-10(11)3-9(18)4-23-13/h3-6,8,25H,7H2,1-2H3,(H2,22,29)(H,23,24)/t17-/m0/s1. The van der Waals surface area contributed by atoms with Gasteiger partial charge in [0.25, 0.3) is 0 Å². The first-order chi connectivity index (χ1) is 13.5. The number of nitrogens with zero attached hydrogens (tertiary/aromatic N) is 4. The highest BCUT2D eigenvalue weighted by Gasteiger charge is 2.46. The average molecular weight is 428 g/mol. The number of alkyl halides is 3. The van der Waals surface area contributed by atoms with Gasteiger partial charge in [0.2, 0.25) is 5.91 Å². The van der Waals surface area contributed by atoms with E-state index in [-0.39, 0.29) is 11.5 Å². The van der Waals surface area contributed by atoms with E-state index in [4.69, 9.17) is 17.3 Å². The largest absolute Gasteiger partial charge is 0.401 e. The Morgan fingerprint density at radius 3 is 2.69 bits per heavy atom. The van der Waals surface area contributed by atoms with Crippen LogP contribution < -0.4 is 11.1 Å². The summed E-state index contributed by atoms with van der Waals surface area (Å²) in [7, 11) is 0. The summed E-state index contributed by atoms with van der Waals surface area (Å²) < 4.78 is 38.6. The van der Waals surface area contributed by atoms with Crippen molar-refractivity contribution in [2.75, 3.05) is 6.54 Å². The molecule has 0 saturated carbocycles. The lowest BCUT2D eigenvalue weighted by Crippen LogP contribution is -2.58. The summed E-state index contributed by atoms with van der Waals surface area (Å²) in [6, 6.07) is 1.64. The molecular weight excluding hydrogens is 411 g/mol. The van der Waals surface area contributed by atoms with Gasteiger partial charge in [0.1, 0.15) is 11.2 Å². The van der Waals surface area contributed by atoms with Crippen molar-refractivity contribution in [1.82, 2.24) is 30.5 Å². The average Bonchev–Trinajstić information content (AvgIpc) is 3.04. The van der Waals surface area contributed by atoms with Crippen LogP contribution in [0, 0.1) is 5.92 Å². The normalized spacial score (nSPS) is 14.3. The third-order valence-electron chi connectivity index (χ3n) is 4.52. The number of aromatic amines is 1. The van der Waals surface area contributed by atoms with Crippen LogP contribution in [0.25, 0.3) is 22.4 Å².